The molecule has 1 amide bonds. The van der Waals surface area contributed by atoms with Crippen LogP contribution in [0.2, 0.25) is 0 Å². The van der Waals surface area contributed by atoms with Crippen molar-refractivity contribution in [2.24, 2.45) is 0 Å². The molecule has 0 unspecified atom stereocenters. The normalized spacial score (nSPS) is 12.0. The van der Waals surface area contributed by atoms with Crippen LogP contribution in [-0.4, -0.2) is 64.7 Å². The fraction of sp³-hybridized carbons (Fsp3) is 0.522. The summed E-state index contributed by atoms with van der Waals surface area (Å²) in [6.45, 7) is 7.77. The summed E-state index contributed by atoms with van der Waals surface area (Å²) in [5.41, 5.74) is 1.13. The maximum absolute atomic E-state index is 12.6. The Balaban J connectivity index is 2.01. The highest BCUT2D eigenvalue weighted by atomic mass is 16.5. The third kappa shape index (κ3) is 6.01. The van der Waals surface area contributed by atoms with E-state index >= 15 is 0 Å². The van der Waals surface area contributed by atoms with Crippen LogP contribution in [0.5, 0.6) is 0 Å². The molecule has 1 aromatic carbocycles. The molecular weight excluding hydrogens is 412 g/mol. The van der Waals surface area contributed by atoms with Crippen molar-refractivity contribution < 1.29 is 24.1 Å². The first kappa shape index (κ1) is 24.1. The maximum atomic E-state index is 12.6. The second kappa shape index (κ2) is 10.8. The van der Waals surface area contributed by atoms with Gasteiger partial charge in [0, 0.05) is 19.1 Å². The molecule has 0 fully saturated rings. The molecule has 2 aromatic heterocycles. The van der Waals surface area contributed by atoms with Gasteiger partial charge in [0.2, 0.25) is 5.91 Å². The lowest BCUT2D eigenvalue weighted by Crippen LogP contribution is -2.27. The minimum atomic E-state index is -0.970. The number of aliphatic hydroxyl groups is 1. The Labute approximate surface area is 187 Å². The van der Waals surface area contributed by atoms with E-state index in [4.69, 9.17) is 19.2 Å². The van der Waals surface area contributed by atoms with Gasteiger partial charge in [-0.2, -0.15) is 0 Å². The quantitative estimate of drug-likeness (QED) is 0.414. The number of nitrogens with zero attached hydrogens (tertiary/aromatic N) is 3. The topological polar surface area (TPSA) is 108 Å². The Bertz CT molecular complexity index is 1060. The Morgan fingerprint density at radius 3 is 2.66 bits per heavy atom. The lowest BCUT2D eigenvalue weighted by Gasteiger charge is -2.20. The summed E-state index contributed by atoms with van der Waals surface area (Å²) in [7, 11) is 1.60. The van der Waals surface area contributed by atoms with Crippen LogP contribution in [0.15, 0.2) is 24.3 Å². The van der Waals surface area contributed by atoms with Gasteiger partial charge < -0.3 is 29.2 Å². The van der Waals surface area contributed by atoms with E-state index in [0.29, 0.717) is 43.5 Å². The summed E-state index contributed by atoms with van der Waals surface area (Å²) < 4.78 is 17.9. The van der Waals surface area contributed by atoms with Crippen molar-refractivity contribution in [2.45, 2.75) is 45.9 Å². The van der Waals surface area contributed by atoms with Crippen molar-refractivity contribution >= 4 is 33.7 Å². The minimum absolute atomic E-state index is 0.190. The molecule has 3 rings (SSSR count). The van der Waals surface area contributed by atoms with E-state index in [1.807, 2.05) is 35.8 Å². The van der Waals surface area contributed by atoms with Gasteiger partial charge in [-0.3, -0.25) is 4.79 Å². The van der Waals surface area contributed by atoms with Crippen LogP contribution in [0.3, 0.4) is 0 Å². The molecule has 0 aliphatic carbocycles. The van der Waals surface area contributed by atoms with Gasteiger partial charge >= 0.3 is 0 Å². The van der Waals surface area contributed by atoms with E-state index in [9.17, 15) is 9.90 Å². The van der Waals surface area contributed by atoms with Gasteiger partial charge in [0.05, 0.1) is 49.4 Å². The summed E-state index contributed by atoms with van der Waals surface area (Å²) in [6, 6.07) is 7.69. The molecule has 0 radical (unpaired) electrons. The second-order valence-corrected chi connectivity index (χ2v) is 8.14. The molecule has 0 bridgehead atoms. The van der Waals surface area contributed by atoms with E-state index in [-0.39, 0.29) is 25.5 Å². The molecule has 0 atom stereocenters. The Morgan fingerprint density at radius 1 is 1.16 bits per heavy atom. The van der Waals surface area contributed by atoms with Gasteiger partial charge in [-0.05, 0) is 26.8 Å². The standard InChI is InChI=1S/C23H32N4O5/c1-5-31-14-18-25-20-21(27(18)15-23(2,3)29)16-8-6-7-9-17(16)24-22(20)26-19(28)10-11-32-13-12-30-4/h6-9,29H,5,10-15H2,1-4H3,(H,24,26,28). The predicted octanol–water partition coefficient (Wildman–Crippen LogP) is 2.88. The molecule has 0 spiro atoms. The lowest BCUT2D eigenvalue weighted by molar-refractivity contribution is -0.117. The van der Waals surface area contributed by atoms with E-state index in [0.717, 1.165) is 16.4 Å². The van der Waals surface area contributed by atoms with E-state index < -0.39 is 5.60 Å². The summed E-state index contributed by atoms with van der Waals surface area (Å²) in [6.07, 6.45) is 0.190. The number of aromatic nitrogens is 3. The smallest absolute Gasteiger partial charge is 0.227 e. The van der Waals surface area contributed by atoms with Crippen LogP contribution < -0.4 is 5.32 Å². The molecule has 0 aliphatic rings. The number of carbonyl (C=O) groups is 1. The number of ether oxygens (including phenoxy) is 3. The number of hydrogen-bond donors (Lipinski definition) is 2. The number of fused-ring (bicyclic) bond motifs is 3. The molecule has 0 saturated carbocycles. The van der Waals surface area contributed by atoms with E-state index in [2.05, 4.69) is 10.3 Å². The number of methoxy groups -OCH3 is 1. The maximum Gasteiger partial charge on any atom is 0.227 e. The molecule has 32 heavy (non-hydrogen) atoms. The number of imidazole rings is 1. The van der Waals surface area contributed by atoms with Crippen molar-refractivity contribution in [3.8, 4) is 0 Å². The SMILES string of the molecule is CCOCc1nc2c(NC(=O)CCOCCOC)nc3ccccc3c2n1CC(C)(C)O. The highest BCUT2D eigenvalue weighted by Gasteiger charge is 2.23. The van der Waals surface area contributed by atoms with Crippen molar-refractivity contribution in [1.82, 2.24) is 14.5 Å². The van der Waals surface area contributed by atoms with Crippen LogP contribution in [0.1, 0.15) is 33.0 Å². The first-order chi connectivity index (χ1) is 15.3. The Morgan fingerprint density at radius 2 is 1.94 bits per heavy atom. The van der Waals surface area contributed by atoms with Crippen molar-refractivity contribution in [2.75, 3.05) is 38.9 Å². The summed E-state index contributed by atoms with van der Waals surface area (Å²) >= 11 is 0. The second-order valence-electron chi connectivity index (χ2n) is 8.14. The van der Waals surface area contributed by atoms with Gasteiger partial charge in [0.1, 0.15) is 17.9 Å². The van der Waals surface area contributed by atoms with Crippen LogP contribution in [0.25, 0.3) is 21.9 Å². The summed E-state index contributed by atoms with van der Waals surface area (Å²) in [4.78, 5) is 22.0. The number of rotatable bonds is 12. The van der Waals surface area contributed by atoms with Crippen LogP contribution in [0, 0.1) is 0 Å². The summed E-state index contributed by atoms with van der Waals surface area (Å²) in [5.74, 6) is 0.836. The molecule has 0 aliphatic heterocycles. The number of nitrogens with one attached hydrogen (secondary N) is 1. The fourth-order valence-electron chi connectivity index (χ4n) is 3.43. The van der Waals surface area contributed by atoms with Gasteiger partial charge in [-0.1, -0.05) is 18.2 Å². The van der Waals surface area contributed by atoms with Gasteiger partial charge in [-0.25, -0.2) is 9.97 Å². The van der Waals surface area contributed by atoms with Gasteiger partial charge in [0.25, 0.3) is 0 Å². The third-order valence-corrected chi connectivity index (χ3v) is 4.81. The predicted molar refractivity (Wildman–Crippen MR) is 123 cm³/mol. The molecular formula is C23H32N4O5. The van der Waals surface area contributed by atoms with Crippen LogP contribution in [-0.2, 0) is 32.2 Å². The van der Waals surface area contributed by atoms with E-state index in [1.165, 1.54) is 0 Å². The number of carbonyl (C=O) groups excluding carboxylic acids is 1. The molecule has 9 nitrogen and oxygen atoms in total. The fourth-order valence-corrected chi connectivity index (χ4v) is 3.43. The van der Waals surface area contributed by atoms with Crippen molar-refractivity contribution in [3.05, 3.63) is 30.1 Å². The van der Waals surface area contributed by atoms with Gasteiger partial charge in [0.15, 0.2) is 5.82 Å². The molecule has 0 saturated heterocycles. The zero-order chi connectivity index (χ0) is 23.1. The number of anilines is 1. The largest absolute Gasteiger partial charge is 0.389 e. The number of amides is 1. The monoisotopic (exact) mass is 444 g/mol. The average Bonchev–Trinajstić information content (AvgIpc) is 3.09. The molecule has 9 heteroatoms. The highest BCUT2D eigenvalue weighted by molar-refractivity contribution is 6.09. The Kier molecular flexibility index (Phi) is 8.14. The first-order valence-corrected chi connectivity index (χ1v) is 10.8. The molecule has 3 aromatic rings. The lowest BCUT2D eigenvalue weighted by atomic mass is 10.1. The summed E-state index contributed by atoms with van der Waals surface area (Å²) in [5, 5.41) is 14.3. The van der Waals surface area contributed by atoms with E-state index in [1.54, 1.807) is 21.0 Å². The van der Waals surface area contributed by atoms with Crippen molar-refractivity contribution in [3.63, 3.8) is 0 Å². The van der Waals surface area contributed by atoms with Gasteiger partial charge in [-0.15, -0.1) is 0 Å². The Hall–Kier alpha value is -2.59. The van der Waals surface area contributed by atoms with Crippen LogP contribution >= 0.6 is 0 Å². The minimum Gasteiger partial charge on any atom is -0.389 e. The zero-order valence-electron chi connectivity index (χ0n) is 19.2. The highest BCUT2D eigenvalue weighted by Crippen LogP contribution is 2.31. The van der Waals surface area contributed by atoms with Crippen molar-refractivity contribution in [1.29, 1.82) is 0 Å². The zero-order valence-corrected chi connectivity index (χ0v) is 19.2. The molecule has 174 valence electrons. The number of para-hydroxylation sites is 1. The first-order valence-electron chi connectivity index (χ1n) is 10.8. The van der Waals surface area contributed by atoms with Crippen LogP contribution in [0.4, 0.5) is 5.82 Å². The number of pyridine rings is 1. The number of benzene rings is 1. The number of hydrogen-bond acceptors (Lipinski definition) is 7. The third-order valence-electron chi connectivity index (χ3n) is 4.81. The molecule has 2 heterocycles. The average molecular weight is 445 g/mol. The molecule has 2 N–H and O–H groups in total.